The third-order valence-electron chi connectivity index (χ3n) is 3.38. The zero-order chi connectivity index (χ0) is 17.5. The Hall–Kier alpha value is -1.80. The monoisotopic (exact) mass is 375 g/mol. The fraction of sp³-hybridized carbons (Fsp3) is 0.200. The Labute approximate surface area is 143 Å². The molecule has 3 nitrogen and oxygen atoms in total. The first-order chi connectivity index (χ1) is 11.3. The molecule has 9 heteroatoms. The van der Waals surface area contributed by atoms with Crippen LogP contribution in [0.1, 0.15) is 23.3 Å². The molecule has 0 aliphatic heterocycles. The number of hydrogen-bond acceptors (Lipinski definition) is 3. The average Bonchev–Trinajstić information content (AvgIpc) is 2.90. The summed E-state index contributed by atoms with van der Waals surface area (Å²) in [4.78, 5) is 0. The second-order valence-corrected chi connectivity index (χ2v) is 6.78. The van der Waals surface area contributed by atoms with Gasteiger partial charge in [0.05, 0.1) is 10.6 Å². The minimum absolute atomic E-state index is 0.126. The molecule has 3 aromatic rings. The number of nitrogens with zero attached hydrogens (tertiary/aromatic N) is 3. The SMILES string of the molecule is C[C@H](Sc1nnc2c(Cl)cc(C(F)(F)F)cn12)c1ccc(F)cc1. The number of aromatic nitrogens is 3. The number of benzene rings is 1. The summed E-state index contributed by atoms with van der Waals surface area (Å²) in [5.41, 5.74) is 0.0887. The fourth-order valence-corrected chi connectivity index (χ4v) is 3.33. The predicted octanol–water partition coefficient (Wildman–Crippen LogP) is 5.39. The van der Waals surface area contributed by atoms with Gasteiger partial charge in [-0.25, -0.2) is 4.39 Å². The molecular weight excluding hydrogens is 366 g/mol. The van der Waals surface area contributed by atoms with Crippen LogP contribution in [-0.4, -0.2) is 14.6 Å². The molecule has 0 unspecified atom stereocenters. The first kappa shape index (κ1) is 17.0. The zero-order valence-corrected chi connectivity index (χ0v) is 13.8. The third-order valence-corrected chi connectivity index (χ3v) is 4.77. The van der Waals surface area contributed by atoms with E-state index in [0.29, 0.717) is 0 Å². The van der Waals surface area contributed by atoms with E-state index < -0.39 is 11.7 Å². The second-order valence-electron chi connectivity index (χ2n) is 5.06. The van der Waals surface area contributed by atoms with Crippen molar-refractivity contribution >= 4 is 29.0 Å². The van der Waals surface area contributed by atoms with E-state index in [0.717, 1.165) is 17.8 Å². The van der Waals surface area contributed by atoms with Gasteiger partial charge in [0, 0.05) is 11.4 Å². The number of alkyl halides is 3. The van der Waals surface area contributed by atoms with Crippen molar-refractivity contribution in [1.82, 2.24) is 14.6 Å². The molecule has 0 fully saturated rings. The molecule has 0 bridgehead atoms. The number of halogens is 5. The lowest BCUT2D eigenvalue weighted by Gasteiger charge is -2.11. The van der Waals surface area contributed by atoms with Crippen LogP contribution in [0.4, 0.5) is 17.6 Å². The summed E-state index contributed by atoms with van der Waals surface area (Å²) in [5.74, 6) is -0.356. The highest BCUT2D eigenvalue weighted by Crippen LogP contribution is 2.37. The highest BCUT2D eigenvalue weighted by atomic mass is 35.5. The number of rotatable bonds is 3. The number of hydrogen-bond donors (Lipinski definition) is 0. The summed E-state index contributed by atoms with van der Waals surface area (Å²) < 4.78 is 53.0. The van der Waals surface area contributed by atoms with Crippen molar-refractivity contribution in [2.45, 2.75) is 23.5 Å². The molecule has 2 aromatic heterocycles. The summed E-state index contributed by atoms with van der Waals surface area (Å²) in [6.07, 6.45) is -3.60. The molecule has 0 aliphatic rings. The minimum atomic E-state index is -4.52. The summed E-state index contributed by atoms with van der Waals surface area (Å²) in [7, 11) is 0. The maximum Gasteiger partial charge on any atom is 0.417 e. The molecule has 0 saturated carbocycles. The van der Waals surface area contributed by atoms with Crippen molar-refractivity contribution in [3.05, 3.63) is 58.5 Å². The smallest absolute Gasteiger partial charge is 0.276 e. The molecule has 0 N–H and O–H groups in total. The van der Waals surface area contributed by atoms with E-state index >= 15 is 0 Å². The summed E-state index contributed by atoms with van der Waals surface area (Å²) in [6.45, 7) is 1.84. The number of fused-ring (bicyclic) bond motifs is 1. The Morgan fingerprint density at radius 2 is 1.83 bits per heavy atom. The molecule has 3 rings (SSSR count). The van der Waals surface area contributed by atoms with Crippen LogP contribution in [0.25, 0.3) is 5.65 Å². The zero-order valence-electron chi connectivity index (χ0n) is 12.2. The van der Waals surface area contributed by atoms with Gasteiger partial charge in [-0.1, -0.05) is 35.5 Å². The van der Waals surface area contributed by atoms with Crippen molar-refractivity contribution < 1.29 is 17.6 Å². The maximum absolute atomic E-state index is 13.0. The quantitative estimate of drug-likeness (QED) is 0.454. The molecule has 2 heterocycles. The summed E-state index contributed by atoms with van der Waals surface area (Å²) >= 11 is 7.09. The van der Waals surface area contributed by atoms with E-state index in [9.17, 15) is 17.6 Å². The lowest BCUT2D eigenvalue weighted by atomic mass is 10.2. The predicted molar refractivity (Wildman–Crippen MR) is 83.7 cm³/mol. The highest BCUT2D eigenvalue weighted by molar-refractivity contribution is 7.99. The highest BCUT2D eigenvalue weighted by Gasteiger charge is 2.32. The van der Waals surface area contributed by atoms with Crippen LogP contribution in [-0.2, 0) is 6.18 Å². The van der Waals surface area contributed by atoms with Gasteiger partial charge in [0.1, 0.15) is 5.82 Å². The van der Waals surface area contributed by atoms with Gasteiger partial charge in [-0.15, -0.1) is 10.2 Å². The topological polar surface area (TPSA) is 30.2 Å². The second kappa shape index (κ2) is 6.25. The van der Waals surface area contributed by atoms with Gasteiger partial charge < -0.3 is 0 Å². The van der Waals surface area contributed by atoms with Crippen LogP contribution in [0.3, 0.4) is 0 Å². The lowest BCUT2D eigenvalue weighted by Crippen LogP contribution is -2.07. The van der Waals surface area contributed by atoms with E-state index in [1.807, 2.05) is 6.92 Å². The molecule has 24 heavy (non-hydrogen) atoms. The van der Waals surface area contributed by atoms with Crippen LogP contribution in [0.5, 0.6) is 0 Å². The minimum Gasteiger partial charge on any atom is -0.276 e. The van der Waals surface area contributed by atoms with Crippen LogP contribution in [0.2, 0.25) is 5.02 Å². The average molecular weight is 376 g/mol. The van der Waals surface area contributed by atoms with Crippen LogP contribution in [0, 0.1) is 5.82 Å². The van der Waals surface area contributed by atoms with Crippen molar-refractivity contribution in [3.8, 4) is 0 Å². The van der Waals surface area contributed by atoms with Crippen molar-refractivity contribution in [1.29, 1.82) is 0 Å². The Bertz CT molecular complexity index is 877. The van der Waals surface area contributed by atoms with Gasteiger partial charge in [0.15, 0.2) is 10.8 Å². The Morgan fingerprint density at radius 3 is 2.46 bits per heavy atom. The summed E-state index contributed by atoms with van der Waals surface area (Å²) in [5, 5.41) is 7.73. The molecule has 0 amide bonds. The van der Waals surface area contributed by atoms with Gasteiger partial charge in [-0.2, -0.15) is 13.2 Å². The van der Waals surface area contributed by atoms with Gasteiger partial charge in [-0.05, 0) is 30.7 Å². The van der Waals surface area contributed by atoms with E-state index in [1.54, 1.807) is 12.1 Å². The first-order valence-electron chi connectivity index (χ1n) is 6.79. The molecule has 0 saturated heterocycles. The normalized spacial score (nSPS) is 13.4. The lowest BCUT2D eigenvalue weighted by molar-refractivity contribution is -0.137. The van der Waals surface area contributed by atoms with Crippen LogP contribution >= 0.6 is 23.4 Å². The Kier molecular flexibility index (Phi) is 4.44. The molecule has 1 aromatic carbocycles. The van der Waals surface area contributed by atoms with E-state index in [4.69, 9.17) is 11.6 Å². The largest absolute Gasteiger partial charge is 0.417 e. The standard InChI is InChI=1S/C15H10ClF4N3S/c1-8(9-2-4-11(17)5-3-9)24-14-22-21-13-12(16)6-10(7-23(13)14)15(18,19)20/h2-8H,1H3/t8-/m0/s1. The Morgan fingerprint density at radius 1 is 1.17 bits per heavy atom. The van der Waals surface area contributed by atoms with Gasteiger partial charge >= 0.3 is 6.18 Å². The van der Waals surface area contributed by atoms with Crippen molar-refractivity contribution in [2.24, 2.45) is 0 Å². The molecular formula is C15H10ClF4N3S. The number of thioether (sulfide) groups is 1. The first-order valence-corrected chi connectivity index (χ1v) is 8.05. The third kappa shape index (κ3) is 3.34. The summed E-state index contributed by atoms with van der Waals surface area (Å²) in [6, 6.07) is 6.71. The van der Waals surface area contributed by atoms with Crippen LogP contribution < -0.4 is 0 Å². The van der Waals surface area contributed by atoms with Crippen molar-refractivity contribution in [2.75, 3.05) is 0 Å². The molecule has 0 aliphatic carbocycles. The van der Waals surface area contributed by atoms with E-state index in [1.165, 1.54) is 28.3 Å². The molecule has 126 valence electrons. The van der Waals surface area contributed by atoms with Crippen molar-refractivity contribution in [3.63, 3.8) is 0 Å². The van der Waals surface area contributed by atoms with Gasteiger partial charge in [0.25, 0.3) is 0 Å². The molecule has 1 atom stereocenters. The van der Waals surface area contributed by atoms with Gasteiger partial charge in [-0.3, -0.25) is 4.40 Å². The van der Waals surface area contributed by atoms with E-state index in [-0.39, 0.29) is 26.9 Å². The van der Waals surface area contributed by atoms with E-state index in [2.05, 4.69) is 10.2 Å². The van der Waals surface area contributed by atoms with Crippen LogP contribution in [0.15, 0.2) is 41.7 Å². The van der Waals surface area contributed by atoms with Gasteiger partial charge in [0.2, 0.25) is 0 Å². The Balaban J connectivity index is 1.97. The molecule has 0 radical (unpaired) electrons. The fourth-order valence-electron chi connectivity index (χ4n) is 2.13. The maximum atomic E-state index is 13.0. The molecule has 0 spiro atoms. The number of pyridine rings is 1.